The Morgan fingerprint density at radius 1 is 1.26 bits per heavy atom. The highest BCUT2D eigenvalue weighted by Crippen LogP contribution is 2.19. The highest BCUT2D eigenvalue weighted by molar-refractivity contribution is 6.00. The van der Waals surface area contributed by atoms with Crippen LogP contribution in [0.4, 0.5) is 0 Å². The van der Waals surface area contributed by atoms with E-state index in [1.807, 2.05) is 7.05 Å². The maximum atomic E-state index is 4.50. The molecule has 0 spiro atoms. The molecule has 1 aliphatic rings. The maximum Gasteiger partial charge on any atom is 0.128 e. The highest BCUT2D eigenvalue weighted by atomic mass is 15.0. The molecule has 104 valence electrons. The lowest BCUT2D eigenvalue weighted by Crippen LogP contribution is -2.37. The normalized spacial score (nSPS) is 17.5. The molecule has 0 bridgehead atoms. The molecule has 0 aromatic heterocycles. The Balaban J connectivity index is 2.17. The van der Waals surface area contributed by atoms with Crippen molar-refractivity contribution in [2.75, 3.05) is 7.05 Å². The van der Waals surface area contributed by atoms with Crippen molar-refractivity contribution in [3.63, 3.8) is 0 Å². The average Bonchev–Trinajstić information content (AvgIpc) is 2.46. The fourth-order valence-corrected chi connectivity index (χ4v) is 2.95. The minimum absolute atomic E-state index is 0.610. The molecule has 19 heavy (non-hydrogen) atoms. The van der Waals surface area contributed by atoms with Crippen LogP contribution in [0.15, 0.2) is 23.2 Å². The molecule has 1 aromatic rings. The second-order valence-corrected chi connectivity index (χ2v) is 5.57. The molecule has 0 aliphatic heterocycles. The molecule has 2 nitrogen and oxygen atoms in total. The van der Waals surface area contributed by atoms with Crippen molar-refractivity contribution in [1.82, 2.24) is 5.32 Å². The third-order valence-electron chi connectivity index (χ3n) is 4.07. The number of aryl methyl sites for hydroxylation is 2. The summed E-state index contributed by atoms with van der Waals surface area (Å²) in [5.74, 6) is 1.07. The fraction of sp³-hybridized carbons (Fsp3) is 0.588. The number of hydrogen-bond donors (Lipinski definition) is 1. The molecule has 0 unspecified atom stereocenters. The number of hydrogen-bond acceptors (Lipinski definition) is 1. The summed E-state index contributed by atoms with van der Waals surface area (Å²) in [6.45, 7) is 4.37. The number of rotatable bonds is 3. The smallest absolute Gasteiger partial charge is 0.128 e. The third-order valence-corrected chi connectivity index (χ3v) is 4.07. The molecule has 1 N–H and O–H groups in total. The quantitative estimate of drug-likeness (QED) is 0.646. The van der Waals surface area contributed by atoms with Gasteiger partial charge >= 0.3 is 0 Å². The first-order valence-corrected chi connectivity index (χ1v) is 7.57. The largest absolute Gasteiger partial charge is 0.367 e. The zero-order chi connectivity index (χ0) is 13.7. The van der Waals surface area contributed by atoms with E-state index >= 15 is 0 Å². The molecule has 0 radical (unpaired) electrons. The van der Waals surface area contributed by atoms with Gasteiger partial charge in [-0.15, -0.1) is 0 Å². The van der Waals surface area contributed by atoms with Gasteiger partial charge in [-0.3, -0.25) is 4.99 Å². The zero-order valence-corrected chi connectivity index (χ0v) is 12.5. The van der Waals surface area contributed by atoms with Crippen molar-refractivity contribution in [2.45, 2.75) is 58.4 Å². The van der Waals surface area contributed by atoms with E-state index < -0.39 is 0 Å². The van der Waals surface area contributed by atoms with Gasteiger partial charge in [-0.25, -0.2) is 0 Å². The van der Waals surface area contributed by atoms with Crippen molar-refractivity contribution in [3.05, 3.63) is 34.9 Å². The molecule has 1 saturated carbocycles. The van der Waals surface area contributed by atoms with Gasteiger partial charge in [0.1, 0.15) is 5.84 Å². The summed E-state index contributed by atoms with van der Waals surface area (Å²) in [4.78, 5) is 4.50. The van der Waals surface area contributed by atoms with Gasteiger partial charge in [-0.05, 0) is 31.7 Å². The molecule has 0 atom stereocenters. The minimum Gasteiger partial charge on any atom is -0.367 e. The van der Waals surface area contributed by atoms with Gasteiger partial charge in [-0.2, -0.15) is 0 Å². The first kappa shape index (κ1) is 14.1. The molecule has 1 fully saturated rings. The number of nitrogens with one attached hydrogen (secondary N) is 1. The number of nitrogens with zero attached hydrogens (tertiary/aromatic N) is 1. The first-order valence-electron chi connectivity index (χ1n) is 7.57. The van der Waals surface area contributed by atoms with Crippen molar-refractivity contribution in [1.29, 1.82) is 0 Å². The van der Waals surface area contributed by atoms with Crippen LogP contribution in [0.5, 0.6) is 0 Å². The summed E-state index contributed by atoms with van der Waals surface area (Å²) < 4.78 is 0. The van der Waals surface area contributed by atoms with E-state index in [1.165, 1.54) is 48.8 Å². The summed E-state index contributed by atoms with van der Waals surface area (Å²) in [6, 6.07) is 7.29. The van der Waals surface area contributed by atoms with Crippen LogP contribution in [0.1, 0.15) is 55.7 Å². The van der Waals surface area contributed by atoms with Crippen LogP contribution >= 0.6 is 0 Å². The Morgan fingerprint density at radius 2 is 2.00 bits per heavy atom. The number of amidine groups is 1. The Labute approximate surface area is 117 Å². The minimum atomic E-state index is 0.610. The van der Waals surface area contributed by atoms with Crippen molar-refractivity contribution < 1.29 is 0 Å². The average molecular weight is 258 g/mol. The predicted octanol–water partition coefficient (Wildman–Crippen LogP) is 3.86. The van der Waals surface area contributed by atoms with Gasteiger partial charge in [0.15, 0.2) is 0 Å². The lowest BCUT2D eigenvalue weighted by atomic mass is 9.94. The SMILES string of the molecule is CCc1cc(C)ccc1C(=NC)NC1CCCCC1. The summed E-state index contributed by atoms with van der Waals surface area (Å²) in [6.07, 6.45) is 7.72. The zero-order valence-electron chi connectivity index (χ0n) is 12.5. The van der Waals surface area contributed by atoms with Crippen molar-refractivity contribution in [2.24, 2.45) is 4.99 Å². The van der Waals surface area contributed by atoms with E-state index in [2.05, 4.69) is 42.4 Å². The van der Waals surface area contributed by atoms with E-state index in [4.69, 9.17) is 0 Å². The molecule has 0 saturated heterocycles. The first-order chi connectivity index (χ1) is 9.24. The highest BCUT2D eigenvalue weighted by Gasteiger charge is 2.16. The lowest BCUT2D eigenvalue weighted by molar-refractivity contribution is 0.413. The molecule has 2 rings (SSSR count). The van der Waals surface area contributed by atoms with Gasteiger partial charge in [-0.1, -0.05) is 49.9 Å². The van der Waals surface area contributed by atoms with Gasteiger partial charge in [0.2, 0.25) is 0 Å². The van der Waals surface area contributed by atoms with Crippen LogP contribution in [0, 0.1) is 6.92 Å². The van der Waals surface area contributed by atoms with Crippen LogP contribution in [-0.2, 0) is 6.42 Å². The number of benzene rings is 1. The lowest BCUT2D eigenvalue weighted by Gasteiger charge is -2.25. The van der Waals surface area contributed by atoms with Crippen molar-refractivity contribution in [3.8, 4) is 0 Å². The predicted molar refractivity (Wildman–Crippen MR) is 83.0 cm³/mol. The molecule has 0 amide bonds. The van der Waals surface area contributed by atoms with Crippen molar-refractivity contribution >= 4 is 5.84 Å². The van der Waals surface area contributed by atoms with Gasteiger partial charge in [0.25, 0.3) is 0 Å². The molecular weight excluding hydrogens is 232 g/mol. The molecule has 1 aromatic carbocycles. The molecule has 2 heteroatoms. The molecule has 1 aliphatic carbocycles. The van der Waals surface area contributed by atoms with E-state index in [9.17, 15) is 0 Å². The van der Waals surface area contributed by atoms with Crippen LogP contribution < -0.4 is 5.32 Å². The Kier molecular flexibility index (Phi) is 5.00. The van der Waals surface area contributed by atoms with Gasteiger partial charge in [0, 0.05) is 18.7 Å². The third kappa shape index (κ3) is 3.59. The summed E-state index contributed by atoms with van der Waals surface area (Å²) in [7, 11) is 1.89. The van der Waals surface area contributed by atoms with Gasteiger partial charge < -0.3 is 5.32 Å². The van der Waals surface area contributed by atoms with Gasteiger partial charge in [0.05, 0.1) is 0 Å². The Hall–Kier alpha value is -1.31. The van der Waals surface area contributed by atoms with Crippen LogP contribution in [-0.4, -0.2) is 18.9 Å². The fourth-order valence-electron chi connectivity index (χ4n) is 2.95. The summed E-state index contributed by atoms with van der Waals surface area (Å²) >= 11 is 0. The second kappa shape index (κ2) is 6.74. The molecular formula is C17H26N2. The second-order valence-electron chi connectivity index (χ2n) is 5.57. The standard InChI is InChI=1S/C17H26N2/c1-4-14-12-13(2)10-11-16(14)17(18-3)19-15-8-6-5-7-9-15/h10-12,15H,4-9H2,1-3H3,(H,18,19). The Bertz CT molecular complexity index is 443. The monoisotopic (exact) mass is 258 g/mol. The maximum absolute atomic E-state index is 4.50. The topological polar surface area (TPSA) is 24.4 Å². The molecule has 0 heterocycles. The van der Waals surface area contributed by atoms with E-state index in [-0.39, 0.29) is 0 Å². The van der Waals surface area contributed by atoms with Crippen LogP contribution in [0.3, 0.4) is 0 Å². The summed E-state index contributed by atoms with van der Waals surface area (Å²) in [5.41, 5.74) is 4.00. The van der Waals surface area contributed by atoms with Crippen LogP contribution in [0.25, 0.3) is 0 Å². The van der Waals surface area contributed by atoms with E-state index in [1.54, 1.807) is 0 Å². The van der Waals surface area contributed by atoms with E-state index in [0.717, 1.165) is 12.3 Å². The van der Waals surface area contributed by atoms with Crippen LogP contribution in [0.2, 0.25) is 0 Å². The van der Waals surface area contributed by atoms with E-state index in [0.29, 0.717) is 6.04 Å². The summed E-state index contributed by atoms with van der Waals surface area (Å²) in [5, 5.41) is 3.67. The Morgan fingerprint density at radius 3 is 2.63 bits per heavy atom. The number of aliphatic imine (C=N–C) groups is 1.